The summed E-state index contributed by atoms with van der Waals surface area (Å²) in [5.41, 5.74) is 0. The lowest BCUT2D eigenvalue weighted by Crippen LogP contribution is -2.39. The topological polar surface area (TPSA) is 79.8 Å². The Bertz CT molecular complexity index is 635. The van der Waals surface area contributed by atoms with E-state index in [1.165, 1.54) is 18.4 Å². The molecule has 0 aromatic heterocycles. The number of sulfone groups is 1. The van der Waals surface area contributed by atoms with E-state index in [0.717, 1.165) is 0 Å². The Balaban J connectivity index is 2.46. The zero-order chi connectivity index (χ0) is 18.0. The van der Waals surface area contributed by atoms with Gasteiger partial charge in [0.05, 0.1) is 12.3 Å². The van der Waals surface area contributed by atoms with Crippen molar-refractivity contribution < 1.29 is 17.5 Å². The lowest BCUT2D eigenvalue weighted by molar-refractivity contribution is 0.229. The third-order valence-electron chi connectivity index (χ3n) is 2.97. The maximum Gasteiger partial charge on any atom is 0.191 e. The molecule has 0 saturated carbocycles. The van der Waals surface area contributed by atoms with E-state index >= 15 is 0 Å². The summed E-state index contributed by atoms with van der Waals surface area (Å²) in [7, 11) is -2.95. The Morgan fingerprint density at radius 2 is 2.12 bits per heavy atom. The van der Waals surface area contributed by atoms with Crippen LogP contribution in [-0.4, -0.2) is 52.1 Å². The van der Waals surface area contributed by atoms with Crippen LogP contribution in [0, 0.1) is 5.82 Å². The van der Waals surface area contributed by atoms with Gasteiger partial charge in [0.25, 0.3) is 0 Å². The van der Waals surface area contributed by atoms with Crippen molar-refractivity contribution in [3.8, 4) is 5.75 Å². The van der Waals surface area contributed by atoms with E-state index in [1.807, 2.05) is 13.8 Å². The zero-order valence-electron chi connectivity index (χ0n) is 14.4. The van der Waals surface area contributed by atoms with Gasteiger partial charge in [-0.2, -0.15) is 0 Å². The number of nitrogens with one attached hydrogen (secondary N) is 2. The minimum atomic E-state index is -2.95. The standard InChI is InChI=1S/C16H26FN3O3S/c1-4-18-16(19-9-6-10-24(3,21)22)20-12-13(2)23-15-8-5-7-14(17)11-15/h5,7-8,11,13H,4,6,9-10,12H2,1-3H3,(H2,18,19,20). The number of ether oxygens (including phenoxy) is 1. The summed E-state index contributed by atoms with van der Waals surface area (Å²) in [6.45, 7) is 5.38. The molecule has 0 radical (unpaired) electrons. The molecule has 8 heteroatoms. The quantitative estimate of drug-likeness (QED) is 0.398. The number of benzene rings is 1. The van der Waals surface area contributed by atoms with E-state index in [9.17, 15) is 12.8 Å². The molecule has 0 fully saturated rings. The summed E-state index contributed by atoms with van der Waals surface area (Å²) in [5.74, 6) is 0.854. The van der Waals surface area contributed by atoms with E-state index < -0.39 is 9.84 Å². The predicted molar refractivity (Wildman–Crippen MR) is 94.8 cm³/mol. The van der Waals surface area contributed by atoms with Crippen LogP contribution >= 0.6 is 0 Å². The molecule has 2 N–H and O–H groups in total. The van der Waals surface area contributed by atoms with Crippen molar-refractivity contribution in [1.82, 2.24) is 10.6 Å². The minimum Gasteiger partial charge on any atom is -0.489 e. The average molecular weight is 359 g/mol. The van der Waals surface area contributed by atoms with Crippen LogP contribution in [0.4, 0.5) is 4.39 Å². The van der Waals surface area contributed by atoms with E-state index in [2.05, 4.69) is 15.6 Å². The second kappa shape index (κ2) is 10.1. The van der Waals surface area contributed by atoms with Gasteiger partial charge in [-0.15, -0.1) is 0 Å². The fourth-order valence-electron chi connectivity index (χ4n) is 1.91. The van der Waals surface area contributed by atoms with Gasteiger partial charge in [0.1, 0.15) is 27.5 Å². The van der Waals surface area contributed by atoms with Crippen molar-refractivity contribution in [3.05, 3.63) is 30.1 Å². The first-order valence-electron chi connectivity index (χ1n) is 7.92. The van der Waals surface area contributed by atoms with Crippen LogP contribution in [-0.2, 0) is 9.84 Å². The molecule has 1 aromatic rings. The minimum absolute atomic E-state index is 0.137. The molecule has 6 nitrogen and oxygen atoms in total. The van der Waals surface area contributed by atoms with Crippen LogP contribution in [0.3, 0.4) is 0 Å². The second-order valence-electron chi connectivity index (χ2n) is 5.52. The molecular formula is C16H26FN3O3S. The maximum atomic E-state index is 13.1. The number of hydrogen-bond acceptors (Lipinski definition) is 4. The van der Waals surface area contributed by atoms with Crippen molar-refractivity contribution in [2.75, 3.05) is 31.6 Å². The van der Waals surface area contributed by atoms with Gasteiger partial charge in [-0.3, -0.25) is 0 Å². The molecular weight excluding hydrogens is 333 g/mol. The molecule has 136 valence electrons. The molecule has 0 bridgehead atoms. The first-order valence-corrected chi connectivity index (χ1v) is 9.98. The number of nitrogens with zero attached hydrogens (tertiary/aromatic N) is 1. The van der Waals surface area contributed by atoms with Gasteiger partial charge in [-0.25, -0.2) is 17.8 Å². The van der Waals surface area contributed by atoms with Gasteiger partial charge < -0.3 is 15.4 Å². The summed E-state index contributed by atoms with van der Waals surface area (Å²) in [6, 6.07) is 5.97. The third kappa shape index (κ3) is 9.34. The highest BCUT2D eigenvalue weighted by Gasteiger charge is 2.06. The Labute approximate surface area is 143 Å². The van der Waals surface area contributed by atoms with Gasteiger partial charge in [-0.1, -0.05) is 6.07 Å². The Hall–Kier alpha value is -1.83. The lowest BCUT2D eigenvalue weighted by atomic mass is 10.3. The first kappa shape index (κ1) is 20.2. The molecule has 1 aromatic carbocycles. The number of halogens is 1. The van der Waals surface area contributed by atoms with Crippen LogP contribution in [0.1, 0.15) is 20.3 Å². The summed E-state index contributed by atoms with van der Waals surface area (Å²) in [4.78, 5) is 4.39. The highest BCUT2D eigenvalue weighted by Crippen LogP contribution is 2.13. The lowest BCUT2D eigenvalue weighted by Gasteiger charge is -2.15. The van der Waals surface area contributed by atoms with Crippen LogP contribution in [0.25, 0.3) is 0 Å². The number of hydrogen-bond donors (Lipinski definition) is 2. The highest BCUT2D eigenvalue weighted by atomic mass is 32.2. The molecule has 0 aliphatic heterocycles. The van der Waals surface area contributed by atoms with Crippen LogP contribution < -0.4 is 15.4 Å². The fraction of sp³-hybridized carbons (Fsp3) is 0.562. The summed E-state index contributed by atoms with van der Waals surface area (Å²) in [6.07, 6.45) is 1.51. The van der Waals surface area contributed by atoms with Gasteiger partial charge in [0.2, 0.25) is 0 Å². The fourth-order valence-corrected chi connectivity index (χ4v) is 2.58. The van der Waals surface area contributed by atoms with E-state index in [-0.39, 0.29) is 17.7 Å². The van der Waals surface area contributed by atoms with Crippen LogP contribution in [0.5, 0.6) is 5.75 Å². The number of rotatable bonds is 9. The van der Waals surface area contributed by atoms with Crippen LogP contribution in [0.2, 0.25) is 0 Å². The van der Waals surface area contributed by atoms with Crippen molar-refractivity contribution in [2.45, 2.75) is 26.4 Å². The molecule has 0 heterocycles. The molecule has 1 atom stereocenters. The molecule has 24 heavy (non-hydrogen) atoms. The van der Waals surface area contributed by atoms with E-state index in [4.69, 9.17) is 4.74 Å². The summed E-state index contributed by atoms with van der Waals surface area (Å²) < 4.78 is 40.9. The normalized spacial score (nSPS) is 13.4. The van der Waals surface area contributed by atoms with Gasteiger partial charge in [-0.05, 0) is 32.4 Å². The summed E-state index contributed by atoms with van der Waals surface area (Å²) >= 11 is 0. The van der Waals surface area contributed by atoms with Crippen LogP contribution in [0.15, 0.2) is 29.3 Å². The largest absolute Gasteiger partial charge is 0.489 e. The second-order valence-corrected chi connectivity index (χ2v) is 7.78. The Kier molecular flexibility index (Phi) is 8.53. The van der Waals surface area contributed by atoms with Gasteiger partial charge in [0.15, 0.2) is 5.96 Å². The van der Waals surface area contributed by atoms with Crippen molar-refractivity contribution in [3.63, 3.8) is 0 Å². The van der Waals surface area contributed by atoms with Crippen molar-refractivity contribution in [2.24, 2.45) is 4.99 Å². The molecule has 0 spiro atoms. The highest BCUT2D eigenvalue weighted by molar-refractivity contribution is 7.90. The number of guanidine groups is 1. The number of aliphatic imine (C=N–C) groups is 1. The van der Waals surface area contributed by atoms with Crippen molar-refractivity contribution >= 4 is 15.8 Å². The van der Waals surface area contributed by atoms with Gasteiger partial charge >= 0.3 is 0 Å². The van der Waals surface area contributed by atoms with E-state index in [1.54, 1.807) is 12.1 Å². The third-order valence-corrected chi connectivity index (χ3v) is 4.00. The smallest absolute Gasteiger partial charge is 0.191 e. The molecule has 1 rings (SSSR count). The molecule has 0 amide bonds. The molecule has 1 unspecified atom stereocenters. The summed E-state index contributed by atoms with van der Waals surface area (Å²) in [5, 5.41) is 6.16. The predicted octanol–water partition coefficient (Wildman–Crippen LogP) is 1.58. The monoisotopic (exact) mass is 359 g/mol. The molecule has 0 aliphatic carbocycles. The Morgan fingerprint density at radius 1 is 1.38 bits per heavy atom. The molecule has 0 aliphatic rings. The first-order chi connectivity index (χ1) is 11.3. The van der Waals surface area contributed by atoms with Gasteiger partial charge in [0, 0.05) is 25.4 Å². The maximum absolute atomic E-state index is 13.1. The zero-order valence-corrected chi connectivity index (χ0v) is 15.2. The SMILES string of the molecule is CCNC(=NCC(C)Oc1cccc(F)c1)NCCCS(C)(=O)=O. The Morgan fingerprint density at radius 3 is 2.75 bits per heavy atom. The molecule has 0 saturated heterocycles. The van der Waals surface area contributed by atoms with E-state index in [0.29, 0.717) is 37.8 Å². The average Bonchev–Trinajstić information content (AvgIpc) is 2.48. The van der Waals surface area contributed by atoms with Crippen molar-refractivity contribution in [1.29, 1.82) is 0 Å².